The molecule has 0 aliphatic heterocycles. The maximum atomic E-state index is 10.9. The van der Waals surface area contributed by atoms with Crippen molar-refractivity contribution in [2.45, 2.75) is 59.7 Å². The highest BCUT2D eigenvalue weighted by Crippen LogP contribution is 2.40. The van der Waals surface area contributed by atoms with Gasteiger partial charge in [-0.3, -0.25) is 0 Å². The first-order valence-electron chi connectivity index (χ1n) is 10.1. The predicted octanol–water partition coefficient (Wildman–Crippen LogP) is 5.17. The topological polar surface area (TPSA) is 60.2 Å². The number of benzene rings is 2. The second-order valence-corrected chi connectivity index (χ2v) is 9.00. The molecule has 1 aliphatic rings. The van der Waals surface area contributed by atoms with E-state index >= 15 is 0 Å². The minimum Gasteiger partial charge on any atom is -0.505 e. The molecule has 1 fully saturated rings. The molecule has 5 heteroatoms. The normalized spacial score (nSPS) is 21.9. The maximum absolute atomic E-state index is 10.9. The molecule has 2 aromatic carbocycles. The molecular weight excluding hydrogens is 350 g/mol. The Balaban J connectivity index is 1.60. The molecule has 5 nitrogen and oxygen atoms in total. The van der Waals surface area contributed by atoms with Crippen LogP contribution in [-0.2, 0) is 11.3 Å². The Kier molecular flexibility index (Phi) is 4.88. The SMILES string of the molecule is Cc1cc(COC2CC(C)(C)CCC2C)c(O)c(-n2nc3ccccc3n2)c1. The molecule has 28 heavy (non-hydrogen) atoms. The van der Waals surface area contributed by atoms with Crippen molar-refractivity contribution in [1.29, 1.82) is 0 Å². The van der Waals surface area contributed by atoms with Gasteiger partial charge in [-0.1, -0.05) is 32.9 Å². The summed E-state index contributed by atoms with van der Waals surface area (Å²) < 4.78 is 6.29. The zero-order chi connectivity index (χ0) is 19.9. The van der Waals surface area contributed by atoms with Crippen molar-refractivity contribution in [2.75, 3.05) is 0 Å². The third-order valence-electron chi connectivity index (χ3n) is 5.93. The highest BCUT2D eigenvalue weighted by atomic mass is 16.5. The van der Waals surface area contributed by atoms with Crippen molar-refractivity contribution < 1.29 is 9.84 Å². The second-order valence-electron chi connectivity index (χ2n) is 9.00. The first-order valence-corrected chi connectivity index (χ1v) is 10.1. The summed E-state index contributed by atoms with van der Waals surface area (Å²) in [7, 11) is 0. The van der Waals surface area contributed by atoms with E-state index in [0.717, 1.165) is 28.6 Å². The lowest BCUT2D eigenvalue weighted by Crippen LogP contribution is -2.34. The molecule has 2 unspecified atom stereocenters. The van der Waals surface area contributed by atoms with Crippen LogP contribution in [0.3, 0.4) is 0 Å². The summed E-state index contributed by atoms with van der Waals surface area (Å²) in [6, 6.07) is 11.6. The molecule has 2 atom stereocenters. The molecule has 1 heterocycles. The number of fused-ring (bicyclic) bond motifs is 1. The van der Waals surface area contributed by atoms with Crippen LogP contribution in [0, 0.1) is 18.3 Å². The van der Waals surface area contributed by atoms with E-state index in [1.165, 1.54) is 17.6 Å². The summed E-state index contributed by atoms with van der Waals surface area (Å²) >= 11 is 0. The number of nitrogens with zero attached hydrogens (tertiary/aromatic N) is 3. The fourth-order valence-electron chi connectivity index (χ4n) is 4.14. The molecule has 0 radical (unpaired) electrons. The number of hydrogen-bond acceptors (Lipinski definition) is 4. The third kappa shape index (κ3) is 3.76. The van der Waals surface area contributed by atoms with E-state index in [-0.39, 0.29) is 11.9 Å². The van der Waals surface area contributed by atoms with Gasteiger partial charge in [0.15, 0.2) is 0 Å². The average molecular weight is 380 g/mol. The van der Waals surface area contributed by atoms with Crippen LogP contribution >= 0.6 is 0 Å². The zero-order valence-electron chi connectivity index (χ0n) is 17.1. The number of phenols is 1. The van der Waals surface area contributed by atoms with Crippen LogP contribution in [0.2, 0.25) is 0 Å². The van der Waals surface area contributed by atoms with Gasteiger partial charge in [0, 0.05) is 5.56 Å². The maximum Gasteiger partial charge on any atom is 0.148 e. The molecule has 0 amide bonds. The molecule has 0 saturated heterocycles. The first-order chi connectivity index (χ1) is 13.3. The highest BCUT2D eigenvalue weighted by Gasteiger charge is 2.33. The summed E-state index contributed by atoms with van der Waals surface area (Å²) in [4.78, 5) is 1.52. The predicted molar refractivity (Wildman–Crippen MR) is 111 cm³/mol. The standard InChI is InChI=1S/C23H29N3O2/c1-15-11-17(14-28-21-13-23(3,4)10-9-16(21)2)22(27)20(12-15)26-24-18-7-5-6-8-19(18)25-26/h5-8,11-12,16,21,27H,9-10,13-14H2,1-4H3. The van der Waals surface area contributed by atoms with E-state index in [1.807, 2.05) is 43.3 Å². The van der Waals surface area contributed by atoms with Crippen molar-refractivity contribution in [3.63, 3.8) is 0 Å². The van der Waals surface area contributed by atoms with Gasteiger partial charge in [0.25, 0.3) is 0 Å². The smallest absolute Gasteiger partial charge is 0.148 e. The van der Waals surface area contributed by atoms with Crippen LogP contribution in [0.15, 0.2) is 36.4 Å². The summed E-state index contributed by atoms with van der Waals surface area (Å²) in [6.45, 7) is 9.30. The van der Waals surface area contributed by atoms with Gasteiger partial charge < -0.3 is 9.84 Å². The molecule has 0 spiro atoms. The first kappa shape index (κ1) is 18.9. The molecule has 148 valence electrons. The van der Waals surface area contributed by atoms with E-state index in [1.54, 1.807) is 0 Å². The van der Waals surface area contributed by atoms with Gasteiger partial charge in [0.05, 0.1) is 12.7 Å². The van der Waals surface area contributed by atoms with Crippen LogP contribution in [0.4, 0.5) is 0 Å². The van der Waals surface area contributed by atoms with Gasteiger partial charge in [-0.05, 0) is 67.3 Å². The van der Waals surface area contributed by atoms with Crippen LogP contribution in [0.5, 0.6) is 5.75 Å². The number of ether oxygens (including phenoxy) is 1. The number of aromatic nitrogens is 3. The van der Waals surface area contributed by atoms with Crippen LogP contribution in [0.25, 0.3) is 16.7 Å². The Morgan fingerprint density at radius 2 is 1.86 bits per heavy atom. The van der Waals surface area contributed by atoms with Crippen LogP contribution in [0.1, 0.15) is 51.2 Å². The number of aromatic hydroxyl groups is 1. The van der Waals surface area contributed by atoms with Crippen molar-refractivity contribution in [3.8, 4) is 11.4 Å². The third-order valence-corrected chi connectivity index (χ3v) is 5.93. The van der Waals surface area contributed by atoms with Crippen molar-refractivity contribution in [1.82, 2.24) is 15.0 Å². The van der Waals surface area contributed by atoms with E-state index in [4.69, 9.17) is 4.74 Å². The van der Waals surface area contributed by atoms with Crippen molar-refractivity contribution in [3.05, 3.63) is 47.5 Å². The van der Waals surface area contributed by atoms with E-state index in [2.05, 4.69) is 31.0 Å². The zero-order valence-corrected chi connectivity index (χ0v) is 17.1. The molecular formula is C23H29N3O2. The largest absolute Gasteiger partial charge is 0.505 e. The van der Waals surface area contributed by atoms with Crippen molar-refractivity contribution in [2.24, 2.45) is 11.3 Å². The highest BCUT2D eigenvalue weighted by molar-refractivity contribution is 5.73. The Hall–Kier alpha value is -2.40. The van der Waals surface area contributed by atoms with Gasteiger partial charge in [0.2, 0.25) is 0 Å². The van der Waals surface area contributed by atoms with Gasteiger partial charge in [-0.2, -0.15) is 0 Å². The Bertz CT molecular complexity index is 960. The summed E-state index contributed by atoms with van der Waals surface area (Å²) in [5.74, 6) is 0.728. The minimum absolute atomic E-state index is 0.189. The lowest BCUT2D eigenvalue weighted by Gasteiger charge is -2.39. The molecule has 3 aromatic rings. The molecule has 1 N–H and O–H groups in total. The number of phenolic OH excluding ortho intramolecular Hbond substituents is 1. The monoisotopic (exact) mass is 379 g/mol. The van der Waals surface area contributed by atoms with Gasteiger partial charge >= 0.3 is 0 Å². The van der Waals surface area contributed by atoms with E-state index < -0.39 is 0 Å². The summed E-state index contributed by atoms with van der Waals surface area (Å²) in [5, 5.41) is 19.9. The molecule has 4 rings (SSSR count). The second kappa shape index (κ2) is 7.21. The summed E-state index contributed by atoms with van der Waals surface area (Å²) in [6.07, 6.45) is 3.70. The average Bonchev–Trinajstić information content (AvgIpc) is 3.08. The van der Waals surface area contributed by atoms with Crippen LogP contribution in [-0.4, -0.2) is 26.2 Å². The molecule has 1 aliphatic carbocycles. The quantitative estimate of drug-likeness (QED) is 0.680. The molecule has 1 aromatic heterocycles. The molecule has 1 saturated carbocycles. The van der Waals surface area contributed by atoms with E-state index in [9.17, 15) is 5.11 Å². The van der Waals surface area contributed by atoms with Gasteiger partial charge in [-0.25, -0.2) is 0 Å². The van der Waals surface area contributed by atoms with E-state index in [0.29, 0.717) is 23.6 Å². The fraction of sp³-hybridized carbons (Fsp3) is 0.478. The lowest BCUT2D eigenvalue weighted by atomic mass is 9.72. The van der Waals surface area contributed by atoms with Gasteiger partial charge in [-0.15, -0.1) is 15.0 Å². The van der Waals surface area contributed by atoms with Crippen molar-refractivity contribution >= 4 is 11.0 Å². The van der Waals surface area contributed by atoms with Crippen LogP contribution < -0.4 is 0 Å². The fourth-order valence-corrected chi connectivity index (χ4v) is 4.14. The number of aryl methyl sites for hydroxylation is 1. The Labute approximate surface area is 166 Å². The Morgan fingerprint density at radius 3 is 2.54 bits per heavy atom. The Morgan fingerprint density at radius 1 is 1.18 bits per heavy atom. The minimum atomic E-state index is 0.189. The lowest BCUT2D eigenvalue weighted by molar-refractivity contribution is -0.0479. The molecule has 0 bridgehead atoms. The number of rotatable bonds is 4. The summed E-state index contributed by atoms with van der Waals surface area (Å²) in [5.41, 5.74) is 4.35. The number of hydrogen-bond donors (Lipinski definition) is 1. The van der Waals surface area contributed by atoms with Gasteiger partial charge in [0.1, 0.15) is 22.5 Å².